The Morgan fingerprint density at radius 1 is 1.17 bits per heavy atom. The van der Waals surface area contributed by atoms with E-state index in [1.807, 2.05) is 23.6 Å². The van der Waals surface area contributed by atoms with Gasteiger partial charge in [0.1, 0.15) is 0 Å². The van der Waals surface area contributed by atoms with Crippen LogP contribution >= 0.6 is 11.3 Å². The number of nitrogens with zero attached hydrogens (tertiary/aromatic N) is 1. The predicted octanol–water partition coefficient (Wildman–Crippen LogP) is 4.58. The Balaban J connectivity index is 1.91. The van der Waals surface area contributed by atoms with Crippen LogP contribution in [0.4, 0.5) is 5.69 Å². The monoisotopic (exact) mass is 341 g/mol. The average Bonchev–Trinajstić information content (AvgIpc) is 3.06. The van der Waals surface area contributed by atoms with Crippen LogP contribution in [-0.2, 0) is 4.79 Å². The predicted molar refractivity (Wildman–Crippen MR) is 93.9 cm³/mol. The summed E-state index contributed by atoms with van der Waals surface area (Å²) in [4.78, 5) is 23.9. The second kappa shape index (κ2) is 6.80. The summed E-state index contributed by atoms with van der Waals surface area (Å²) in [6.07, 6.45) is 5.85. The van der Waals surface area contributed by atoms with Gasteiger partial charge in [-0.1, -0.05) is 12.1 Å². The number of nitro benzene ring substituents is 1. The zero-order chi connectivity index (χ0) is 17.1. The van der Waals surface area contributed by atoms with Crippen LogP contribution < -0.4 is 0 Å². The van der Waals surface area contributed by atoms with Crippen LogP contribution in [0.25, 0.3) is 12.2 Å². The average molecular weight is 341 g/mol. The van der Waals surface area contributed by atoms with Gasteiger partial charge in [0.2, 0.25) is 0 Å². The van der Waals surface area contributed by atoms with Crippen molar-refractivity contribution in [3.8, 4) is 5.75 Å². The van der Waals surface area contributed by atoms with Gasteiger partial charge >= 0.3 is 5.69 Å². The number of thiophene rings is 1. The summed E-state index contributed by atoms with van der Waals surface area (Å²) in [6, 6.07) is 8.04. The third-order valence-electron chi connectivity index (χ3n) is 3.87. The molecule has 0 unspecified atom stereocenters. The van der Waals surface area contributed by atoms with E-state index in [0.717, 1.165) is 23.3 Å². The van der Waals surface area contributed by atoms with Gasteiger partial charge in [0.15, 0.2) is 11.5 Å². The molecule has 6 heteroatoms. The Kier molecular flexibility index (Phi) is 4.57. The van der Waals surface area contributed by atoms with E-state index >= 15 is 0 Å². The minimum Gasteiger partial charge on any atom is -0.502 e. The van der Waals surface area contributed by atoms with E-state index in [9.17, 15) is 20.0 Å². The highest BCUT2D eigenvalue weighted by Crippen LogP contribution is 2.31. The topological polar surface area (TPSA) is 80.4 Å². The van der Waals surface area contributed by atoms with Gasteiger partial charge in [-0.05, 0) is 54.5 Å². The fourth-order valence-corrected chi connectivity index (χ4v) is 3.38. The third-order valence-corrected chi connectivity index (χ3v) is 4.69. The molecular formula is C18H15NO4S. The second-order valence-electron chi connectivity index (χ2n) is 5.54. The van der Waals surface area contributed by atoms with Crippen LogP contribution in [0.1, 0.15) is 29.7 Å². The summed E-state index contributed by atoms with van der Waals surface area (Å²) in [7, 11) is 0. The molecule has 0 saturated heterocycles. The largest absolute Gasteiger partial charge is 0.502 e. The second-order valence-corrected chi connectivity index (χ2v) is 6.52. The zero-order valence-electron chi connectivity index (χ0n) is 12.8. The van der Waals surface area contributed by atoms with E-state index < -0.39 is 4.92 Å². The molecule has 1 aromatic heterocycles. The van der Waals surface area contributed by atoms with Crippen molar-refractivity contribution in [3.63, 3.8) is 0 Å². The Morgan fingerprint density at radius 2 is 1.92 bits per heavy atom. The van der Waals surface area contributed by atoms with E-state index in [1.54, 1.807) is 23.5 Å². The molecule has 0 amide bonds. The molecule has 1 saturated carbocycles. The van der Waals surface area contributed by atoms with E-state index in [2.05, 4.69) is 0 Å². The Labute approximate surface area is 142 Å². The summed E-state index contributed by atoms with van der Waals surface area (Å²) in [5, 5.41) is 22.4. The van der Waals surface area contributed by atoms with Gasteiger partial charge in [0.05, 0.1) is 4.92 Å². The van der Waals surface area contributed by atoms with Crippen molar-refractivity contribution in [1.29, 1.82) is 0 Å². The van der Waals surface area contributed by atoms with Crippen LogP contribution in [0.2, 0.25) is 0 Å². The molecule has 5 nitrogen and oxygen atoms in total. The highest BCUT2D eigenvalue weighted by atomic mass is 32.1. The normalized spacial score (nSPS) is 18.2. The van der Waals surface area contributed by atoms with Crippen molar-refractivity contribution in [1.82, 2.24) is 0 Å². The molecule has 1 aliphatic carbocycles. The Hall–Kier alpha value is -2.73. The number of phenolic OH excluding ortho intramolecular Hbond substituents is 1. The summed E-state index contributed by atoms with van der Waals surface area (Å²) in [5.74, 6) is -0.388. The first-order chi connectivity index (χ1) is 11.5. The maximum absolute atomic E-state index is 12.6. The molecule has 1 fully saturated rings. The molecule has 2 aromatic rings. The summed E-state index contributed by atoms with van der Waals surface area (Å²) >= 11 is 1.58. The van der Waals surface area contributed by atoms with Gasteiger partial charge in [0, 0.05) is 22.1 Å². The molecule has 0 spiro atoms. The third kappa shape index (κ3) is 3.44. The van der Waals surface area contributed by atoms with Crippen LogP contribution in [0, 0.1) is 10.1 Å². The number of rotatable bonds is 3. The smallest absolute Gasteiger partial charge is 0.311 e. The number of aromatic hydroxyl groups is 1. The van der Waals surface area contributed by atoms with Crippen LogP contribution in [0.15, 0.2) is 46.9 Å². The van der Waals surface area contributed by atoms with E-state index in [0.29, 0.717) is 17.6 Å². The van der Waals surface area contributed by atoms with Crippen molar-refractivity contribution in [3.05, 3.63) is 67.4 Å². The van der Waals surface area contributed by atoms with Gasteiger partial charge in [-0.25, -0.2) is 0 Å². The number of nitro groups is 1. The van der Waals surface area contributed by atoms with Crippen molar-refractivity contribution in [2.45, 2.75) is 19.3 Å². The van der Waals surface area contributed by atoms with Gasteiger partial charge in [-0.3, -0.25) is 14.9 Å². The lowest BCUT2D eigenvalue weighted by atomic mass is 9.87. The minimum absolute atomic E-state index is 0.00891. The lowest BCUT2D eigenvalue weighted by Gasteiger charge is -2.16. The molecular weight excluding hydrogens is 326 g/mol. The number of ketones is 1. The molecule has 0 radical (unpaired) electrons. The van der Waals surface area contributed by atoms with E-state index in [1.165, 1.54) is 12.1 Å². The quantitative estimate of drug-likeness (QED) is 0.503. The number of hydrogen-bond donors (Lipinski definition) is 1. The van der Waals surface area contributed by atoms with Crippen LogP contribution in [0.3, 0.4) is 0 Å². The van der Waals surface area contributed by atoms with Gasteiger partial charge < -0.3 is 5.11 Å². The van der Waals surface area contributed by atoms with E-state index in [-0.39, 0.29) is 17.2 Å². The van der Waals surface area contributed by atoms with Crippen molar-refractivity contribution >= 4 is 35.0 Å². The SMILES string of the molecule is O=C1/C(=C\c2cccs2)CCC/C1=C\c1ccc(O)c([N+](=O)[O-])c1. The standard InChI is InChI=1S/C18H15NO4S/c20-17-7-6-12(10-16(17)19(22)23)9-13-3-1-4-14(18(13)21)11-15-5-2-8-24-15/h2,5-11,20H,1,3-4H2/b13-9+,14-11-. The number of benzene rings is 1. The number of carbonyl (C=O) groups is 1. The molecule has 0 aliphatic heterocycles. The highest BCUT2D eigenvalue weighted by Gasteiger charge is 2.21. The first kappa shape index (κ1) is 16.1. The molecule has 0 bridgehead atoms. The van der Waals surface area contributed by atoms with Crippen LogP contribution in [0.5, 0.6) is 5.75 Å². The first-order valence-electron chi connectivity index (χ1n) is 7.51. The summed E-state index contributed by atoms with van der Waals surface area (Å²) in [6.45, 7) is 0. The Bertz CT molecular complexity index is 850. The maximum atomic E-state index is 12.6. The number of allylic oxidation sites excluding steroid dienone is 2. The summed E-state index contributed by atoms with van der Waals surface area (Å²) < 4.78 is 0. The molecule has 1 N–H and O–H groups in total. The zero-order valence-corrected chi connectivity index (χ0v) is 13.6. The molecule has 1 aromatic carbocycles. The van der Waals surface area contributed by atoms with Crippen molar-refractivity contribution < 1.29 is 14.8 Å². The lowest BCUT2D eigenvalue weighted by molar-refractivity contribution is -0.385. The van der Waals surface area contributed by atoms with Crippen molar-refractivity contribution in [2.24, 2.45) is 0 Å². The van der Waals surface area contributed by atoms with Gasteiger partial charge in [0.25, 0.3) is 0 Å². The number of phenols is 1. The molecule has 24 heavy (non-hydrogen) atoms. The number of Topliss-reactive ketones (excluding diaryl/α,β-unsaturated/α-hetero) is 1. The first-order valence-corrected chi connectivity index (χ1v) is 8.39. The Morgan fingerprint density at radius 3 is 2.58 bits per heavy atom. The fourth-order valence-electron chi connectivity index (χ4n) is 2.70. The summed E-state index contributed by atoms with van der Waals surface area (Å²) in [5.41, 5.74) is 1.59. The lowest BCUT2D eigenvalue weighted by Crippen LogP contribution is -2.12. The fraction of sp³-hybridized carbons (Fsp3) is 0.167. The maximum Gasteiger partial charge on any atom is 0.311 e. The molecule has 3 rings (SSSR count). The molecule has 1 aliphatic rings. The van der Waals surface area contributed by atoms with E-state index in [4.69, 9.17) is 0 Å². The molecule has 122 valence electrons. The van der Waals surface area contributed by atoms with Gasteiger partial charge in [-0.2, -0.15) is 0 Å². The van der Waals surface area contributed by atoms with Gasteiger partial charge in [-0.15, -0.1) is 11.3 Å². The van der Waals surface area contributed by atoms with Crippen molar-refractivity contribution in [2.75, 3.05) is 0 Å². The molecule has 0 atom stereocenters. The van der Waals surface area contributed by atoms with Crippen LogP contribution in [-0.4, -0.2) is 15.8 Å². The number of carbonyl (C=O) groups excluding carboxylic acids is 1. The highest BCUT2D eigenvalue weighted by molar-refractivity contribution is 7.10. The molecule has 1 heterocycles. The minimum atomic E-state index is -0.637. The number of hydrogen-bond acceptors (Lipinski definition) is 5.